The number of hydrogen-bond acceptors (Lipinski definition) is 7. The fraction of sp³-hybridized carbons (Fsp3) is 0.438. The smallest absolute Gasteiger partial charge is 0.246 e. The molecule has 8 heteroatoms. The summed E-state index contributed by atoms with van der Waals surface area (Å²) in [5.74, 6) is -0.296. The van der Waals surface area contributed by atoms with Crippen molar-refractivity contribution in [2.24, 2.45) is 0 Å². The van der Waals surface area contributed by atoms with Gasteiger partial charge in [-0.05, 0) is 30.7 Å². The molecule has 132 valence electrons. The summed E-state index contributed by atoms with van der Waals surface area (Å²) in [6.07, 6.45) is -3.26. The minimum Gasteiger partial charge on any atom is -0.504 e. The molecule has 1 aromatic rings. The summed E-state index contributed by atoms with van der Waals surface area (Å²) < 4.78 is 10.2. The SMILES string of the molecule is COc1cc(/C=C/C(=O)NC2OC(C)C(O)C(O)C2O)ccc1O. The molecule has 0 radical (unpaired) electrons. The van der Waals surface area contributed by atoms with Crippen molar-refractivity contribution in [3.05, 3.63) is 29.8 Å². The van der Waals surface area contributed by atoms with E-state index in [-0.39, 0.29) is 11.5 Å². The first-order valence-electron chi connectivity index (χ1n) is 7.38. The summed E-state index contributed by atoms with van der Waals surface area (Å²) >= 11 is 0. The first-order valence-corrected chi connectivity index (χ1v) is 7.38. The Balaban J connectivity index is 2.00. The van der Waals surface area contributed by atoms with E-state index in [1.807, 2.05) is 0 Å². The fourth-order valence-electron chi connectivity index (χ4n) is 2.33. The number of amides is 1. The zero-order chi connectivity index (χ0) is 17.9. The number of phenols is 1. The maximum Gasteiger partial charge on any atom is 0.246 e. The van der Waals surface area contributed by atoms with E-state index in [1.54, 1.807) is 12.1 Å². The van der Waals surface area contributed by atoms with Gasteiger partial charge in [-0.3, -0.25) is 4.79 Å². The second-order valence-electron chi connectivity index (χ2n) is 5.51. The van der Waals surface area contributed by atoms with E-state index in [0.717, 1.165) is 0 Å². The predicted molar refractivity (Wildman–Crippen MR) is 84.2 cm³/mol. The minimum absolute atomic E-state index is 0.0145. The van der Waals surface area contributed by atoms with Crippen molar-refractivity contribution in [3.8, 4) is 11.5 Å². The zero-order valence-electron chi connectivity index (χ0n) is 13.3. The monoisotopic (exact) mass is 339 g/mol. The summed E-state index contributed by atoms with van der Waals surface area (Å²) in [7, 11) is 1.41. The van der Waals surface area contributed by atoms with E-state index in [9.17, 15) is 25.2 Å². The van der Waals surface area contributed by atoms with Crippen molar-refractivity contribution >= 4 is 12.0 Å². The van der Waals surface area contributed by atoms with Gasteiger partial charge in [0.25, 0.3) is 0 Å². The number of hydrogen-bond donors (Lipinski definition) is 5. The Morgan fingerprint density at radius 3 is 2.62 bits per heavy atom. The van der Waals surface area contributed by atoms with Crippen molar-refractivity contribution in [2.75, 3.05) is 7.11 Å². The second kappa shape index (κ2) is 7.63. The predicted octanol–water partition coefficient (Wildman–Crippen LogP) is -0.642. The van der Waals surface area contributed by atoms with Crippen LogP contribution in [0.15, 0.2) is 24.3 Å². The highest BCUT2D eigenvalue weighted by Crippen LogP contribution is 2.26. The lowest BCUT2D eigenvalue weighted by Crippen LogP contribution is -2.61. The number of methoxy groups -OCH3 is 1. The molecule has 5 unspecified atom stereocenters. The Labute approximate surface area is 139 Å². The second-order valence-corrected chi connectivity index (χ2v) is 5.51. The maximum atomic E-state index is 11.9. The van der Waals surface area contributed by atoms with Gasteiger partial charge >= 0.3 is 0 Å². The number of nitrogens with one attached hydrogen (secondary N) is 1. The number of carbonyl (C=O) groups excluding carboxylic acids is 1. The molecule has 24 heavy (non-hydrogen) atoms. The molecule has 2 rings (SSSR count). The summed E-state index contributed by atoms with van der Waals surface area (Å²) in [5, 5.41) is 41.1. The molecule has 1 amide bonds. The van der Waals surface area contributed by atoms with E-state index in [4.69, 9.17) is 9.47 Å². The molecule has 8 nitrogen and oxygen atoms in total. The Hall–Kier alpha value is -2.13. The van der Waals surface area contributed by atoms with Crippen LogP contribution in [0.3, 0.4) is 0 Å². The van der Waals surface area contributed by atoms with Gasteiger partial charge in [0.1, 0.15) is 18.3 Å². The molecule has 1 heterocycles. The Morgan fingerprint density at radius 1 is 1.25 bits per heavy atom. The Bertz CT molecular complexity index is 618. The first-order chi connectivity index (χ1) is 11.3. The van der Waals surface area contributed by atoms with Crippen LogP contribution in [-0.2, 0) is 9.53 Å². The van der Waals surface area contributed by atoms with Crippen LogP contribution < -0.4 is 10.1 Å². The van der Waals surface area contributed by atoms with Gasteiger partial charge in [0, 0.05) is 6.08 Å². The molecule has 0 bridgehead atoms. The van der Waals surface area contributed by atoms with E-state index < -0.39 is 36.6 Å². The van der Waals surface area contributed by atoms with Crippen LogP contribution in [-0.4, -0.2) is 64.1 Å². The molecule has 1 aromatic carbocycles. The molecule has 0 saturated carbocycles. The molecule has 1 fully saturated rings. The van der Waals surface area contributed by atoms with Gasteiger partial charge < -0.3 is 35.2 Å². The molecule has 1 aliphatic heterocycles. The largest absolute Gasteiger partial charge is 0.504 e. The average Bonchev–Trinajstić information content (AvgIpc) is 2.57. The lowest BCUT2D eigenvalue weighted by atomic mass is 9.99. The lowest BCUT2D eigenvalue weighted by molar-refractivity contribution is -0.224. The molecule has 0 aromatic heterocycles. The number of aliphatic hydroxyl groups excluding tert-OH is 3. The van der Waals surface area contributed by atoms with Gasteiger partial charge in [0.15, 0.2) is 17.7 Å². The maximum absolute atomic E-state index is 11.9. The third-order valence-electron chi connectivity index (χ3n) is 3.77. The van der Waals surface area contributed by atoms with Crippen LogP contribution in [0.25, 0.3) is 6.08 Å². The highest BCUT2D eigenvalue weighted by molar-refractivity contribution is 5.92. The van der Waals surface area contributed by atoms with Crippen molar-refractivity contribution in [2.45, 2.75) is 37.6 Å². The van der Waals surface area contributed by atoms with Crippen molar-refractivity contribution in [3.63, 3.8) is 0 Å². The average molecular weight is 339 g/mol. The van der Waals surface area contributed by atoms with Crippen LogP contribution >= 0.6 is 0 Å². The van der Waals surface area contributed by atoms with Gasteiger partial charge in [-0.2, -0.15) is 0 Å². The van der Waals surface area contributed by atoms with Crippen molar-refractivity contribution < 1.29 is 34.7 Å². The van der Waals surface area contributed by atoms with E-state index in [1.165, 1.54) is 32.3 Å². The molecule has 1 aliphatic rings. The molecule has 5 atom stereocenters. The van der Waals surface area contributed by atoms with Gasteiger partial charge in [0.05, 0.1) is 13.2 Å². The van der Waals surface area contributed by atoms with E-state index >= 15 is 0 Å². The number of benzene rings is 1. The fourth-order valence-corrected chi connectivity index (χ4v) is 2.33. The Kier molecular flexibility index (Phi) is 5.79. The number of phenolic OH excluding ortho intramolecular Hbond substituents is 1. The third-order valence-corrected chi connectivity index (χ3v) is 3.77. The van der Waals surface area contributed by atoms with Gasteiger partial charge in [-0.15, -0.1) is 0 Å². The summed E-state index contributed by atoms with van der Waals surface area (Å²) in [6.45, 7) is 1.53. The molecule has 0 spiro atoms. The van der Waals surface area contributed by atoms with E-state index in [0.29, 0.717) is 5.56 Å². The number of aromatic hydroxyl groups is 1. The Morgan fingerprint density at radius 2 is 1.96 bits per heavy atom. The summed E-state index contributed by atoms with van der Waals surface area (Å²) in [6, 6.07) is 4.58. The molecule has 5 N–H and O–H groups in total. The van der Waals surface area contributed by atoms with Crippen molar-refractivity contribution in [1.82, 2.24) is 5.32 Å². The number of carbonyl (C=O) groups is 1. The van der Waals surface area contributed by atoms with Crippen LogP contribution in [0.1, 0.15) is 12.5 Å². The third kappa shape index (κ3) is 4.04. The van der Waals surface area contributed by atoms with Crippen LogP contribution in [0.2, 0.25) is 0 Å². The minimum atomic E-state index is -1.44. The lowest BCUT2D eigenvalue weighted by Gasteiger charge is -2.39. The zero-order valence-corrected chi connectivity index (χ0v) is 13.3. The topological polar surface area (TPSA) is 128 Å². The molecular formula is C16H21NO7. The number of ether oxygens (including phenoxy) is 2. The molecule has 1 saturated heterocycles. The molecule has 0 aliphatic carbocycles. The number of rotatable bonds is 4. The normalized spacial score (nSPS) is 30.3. The summed E-state index contributed by atoms with van der Waals surface area (Å²) in [4.78, 5) is 11.9. The highest BCUT2D eigenvalue weighted by atomic mass is 16.5. The summed E-state index contributed by atoms with van der Waals surface area (Å²) in [5.41, 5.74) is 0.619. The van der Waals surface area contributed by atoms with E-state index in [2.05, 4.69) is 5.32 Å². The standard InChI is InChI=1S/C16H21NO7/c1-8-13(20)14(21)15(22)16(24-8)17-12(19)6-4-9-3-5-10(18)11(7-9)23-2/h3-8,13-16,18,20-22H,1-2H3,(H,17,19)/b6-4+. The van der Waals surface area contributed by atoms with Crippen LogP contribution in [0, 0.1) is 0 Å². The van der Waals surface area contributed by atoms with Gasteiger partial charge in [-0.25, -0.2) is 0 Å². The van der Waals surface area contributed by atoms with Gasteiger partial charge in [0.2, 0.25) is 5.91 Å². The number of aliphatic hydroxyl groups is 3. The van der Waals surface area contributed by atoms with Crippen LogP contribution in [0.5, 0.6) is 11.5 Å². The highest BCUT2D eigenvalue weighted by Gasteiger charge is 2.42. The van der Waals surface area contributed by atoms with Gasteiger partial charge in [-0.1, -0.05) is 6.07 Å². The van der Waals surface area contributed by atoms with Crippen LogP contribution in [0.4, 0.5) is 0 Å². The molecular weight excluding hydrogens is 318 g/mol. The first kappa shape index (κ1) is 18.2. The van der Waals surface area contributed by atoms with Crippen molar-refractivity contribution in [1.29, 1.82) is 0 Å². The quantitative estimate of drug-likeness (QED) is 0.461.